The van der Waals surface area contributed by atoms with Crippen molar-refractivity contribution in [3.63, 3.8) is 0 Å². The van der Waals surface area contributed by atoms with Crippen molar-refractivity contribution in [2.24, 2.45) is 5.73 Å². The monoisotopic (exact) mass is 291 g/mol. The number of ether oxygens (including phenoxy) is 2. The second kappa shape index (κ2) is 7.72. The molecule has 0 aliphatic heterocycles. The highest BCUT2D eigenvalue weighted by Crippen LogP contribution is 2.19. The highest BCUT2D eigenvalue weighted by Gasteiger charge is 2.27. The Bertz CT molecular complexity index is 491. The smallest absolute Gasteiger partial charge is 0.411 e. The maximum Gasteiger partial charge on any atom is 0.411 e. The third-order valence-corrected chi connectivity index (χ3v) is 2.02. The highest BCUT2D eigenvalue weighted by molar-refractivity contribution is 5.46. The summed E-state index contributed by atoms with van der Waals surface area (Å²) in [5.74, 6) is 4.87. The van der Waals surface area contributed by atoms with Gasteiger partial charge in [-0.15, -0.1) is 0 Å². The zero-order chi connectivity index (χ0) is 15.0. The molecule has 20 heavy (non-hydrogen) atoms. The third kappa shape index (κ3) is 6.41. The van der Waals surface area contributed by atoms with Gasteiger partial charge in [0.1, 0.15) is 24.8 Å². The molecule has 0 atom stereocenters. The van der Waals surface area contributed by atoms with Crippen molar-refractivity contribution in [3.8, 4) is 17.6 Å². The lowest BCUT2D eigenvalue weighted by Gasteiger charge is -2.10. The Morgan fingerprint density at radius 1 is 1.20 bits per heavy atom. The van der Waals surface area contributed by atoms with E-state index in [9.17, 15) is 17.6 Å². The summed E-state index contributed by atoms with van der Waals surface area (Å²) in [6.07, 6.45) is -4.38. The van der Waals surface area contributed by atoms with Crippen LogP contribution in [0.5, 0.6) is 5.75 Å². The fraction of sp³-hybridized carbons (Fsp3) is 0.385. The first kappa shape index (κ1) is 16.3. The van der Waals surface area contributed by atoms with Crippen molar-refractivity contribution in [3.05, 3.63) is 29.6 Å². The van der Waals surface area contributed by atoms with E-state index >= 15 is 0 Å². The van der Waals surface area contributed by atoms with Gasteiger partial charge in [0.15, 0.2) is 0 Å². The number of alkyl halides is 3. The van der Waals surface area contributed by atoms with Crippen LogP contribution in [0.15, 0.2) is 18.2 Å². The van der Waals surface area contributed by atoms with Gasteiger partial charge < -0.3 is 15.2 Å². The van der Waals surface area contributed by atoms with Crippen LogP contribution < -0.4 is 10.5 Å². The summed E-state index contributed by atoms with van der Waals surface area (Å²) < 4.78 is 58.0. The zero-order valence-electron chi connectivity index (χ0n) is 10.5. The van der Waals surface area contributed by atoms with Gasteiger partial charge in [-0.3, -0.25) is 0 Å². The molecule has 0 aliphatic rings. The predicted octanol–water partition coefficient (Wildman–Crippen LogP) is 2.09. The van der Waals surface area contributed by atoms with Crippen LogP contribution in [0.4, 0.5) is 17.6 Å². The summed E-state index contributed by atoms with van der Waals surface area (Å²) in [6.45, 7) is -1.62. The summed E-state index contributed by atoms with van der Waals surface area (Å²) >= 11 is 0. The molecule has 0 unspecified atom stereocenters. The van der Waals surface area contributed by atoms with E-state index in [1.807, 2.05) is 0 Å². The number of hydrogen-bond donors (Lipinski definition) is 1. The Hall–Kier alpha value is -1.78. The molecule has 1 aromatic carbocycles. The molecule has 0 amide bonds. The van der Waals surface area contributed by atoms with Crippen molar-refractivity contribution in [1.29, 1.82) is 0 Å². The molecule has 0 heterocycles. The van der Waals surface area contributed by atoms with E-state index in [2.05, 4.69) is 16.6 Å². The van der Waals surface area contributed by atoms with Gasteiger partial charge in [-0.25, -0.2) is 4.39 Å². The molecule has 0 spiro atoms. The fourth-order valence-electron chi connectivity index (χ4n) is 1.26. The standard InChI is InChI=1S/C13H13F4NO2/c14-11-4-3-10(2-1-5-18)12(8-11)20-7-6-19-9-13(15,16)17/h3-4,8H,5-7,9,18H2. The Kier molecular flexibility index (Phi) is 6.28. The zero-order valence-corrected chi connectivity index (χ0v) is 10.5. The van der Waals surface area contributed by atoms with Crippen LogP contribution in [0.25, 0.3) is 0 Å². The Morgan fingerprint density at radius 2 is 1.95 bits per heavy atom. The quantitative estimate of drug-likeness (QED) is 0.513. The first-order chi connectivity index (χ1) is 9.42. The van der Waals surface area contributed by atoms with Crippen LogP contribution in [-0.2, 0) is 4.74 Å². The molecule has 3 nitrogen and oxygen atoms in total. The minimum absolute atomic E-state index is 0.130. The van der Waals surface area contributed by atoms with Gasteiger partial charge in [-0.05, 0) is 12.1 Å². The second-order valence-corrected chi connectivity index (χ2v) is 3.66. The first-order valence-corrected chi connectivity index (χ1v) is 5.68. The van der Waals surface area contributed by atoms with E-state index in [1.54, 1.807) is 0 Å². The fourth-order valence-corrected chi connectivity index (χ4v) is 1.26. The lowest BCUT2D eigenvalue weighted by molar-refractivity contribution is -0.175. The molecule has 0 saturated carbocycles. The molecule has 0 aliphatic carbocycles. The summed E-state index contributed by atoms with van der Waals surface area (Å²) in [5, 5.41) is 0. The van der Waals surface area contributed by atoms with Crippen LogP contribution in [0.2, 0.25) is 0 Å². The van der Waals surface area contributed by atoms with Crippen molar-refractivity contribution >= 4 is 0 Å². The minimum Gasteiger partial charge on any atom is -0.490 e. The lowest BCUT2D eigenvalue weighted by atomic mass is 10.2. The largest absolute Gasteiger partial charge is 0.490 e. The number of halogens is 4. The predicted molar refractivity (Wildman–Crippen MR) is 64.7 cm³/mol. The van der Waals surface area contributed by atoms with Gasteiger partial charge in [0.25, 0.3) is 0 Å². The van der Waals surface area contributed by atoms with Gasteiger partial charge in [-0.2, -0.15) is 13.2 Å². The topological polar surface area (TPSA) is 44.5 Å². The lowest BCUT2D eigenvalue weighted by Crippen LogP contribution is -2.19. The van der Waals surface area contributed by atoms with Gasteiger partial charge in [0, 0.05) is 6.07 Å². The summed E-state index contributed by atoms with van der Waals surface area (Å²) in [7, 11) is 0. The molecule has 0 bridgehead atoms. The Labute approximate surface area is 113 Å². The van der Waals surface area contributed by atoms with Gasteiger partial charge >= 0.3 is 6.18 Å². The SMILES string of the molecule is NCC#Cc1ccc(F)cc1OCCOCC(F)(F)F. The van der Waals surface area contributed by atoms with Crippen molar-refractivity contribution < 1.29 is 27.0 Å². The number of benzene rings is 1. The number of hydrogen-bond acceptors (Lipinski definition) is 3. The molecule has 0 saturated heterocycles. The van der Waals surface area contributed by atoms with Crippen LogP contribution in [0, 0.1) is 17.7 Å². The van der Waals surface area contributed by atoms with Crippen LogP contribution in [0.1, 0.15) is 5.56 Å². The summed E-state index contributed by atoms with van der Waals surface area (Å²) in [4.78, 5) is 0. The van der Waals surface area contributed by atoms with E-state index in [-0.39, 0.29) is 25.5 Å². The molecular formula is C13H13F4NO2. The second-order valence-electron chi connectivity index (χ2n) is 3.66. The van der Waals surface area contributed by atoms with E-state index in [0.717, 1.165) is 6.07 Å². The van der Waals surface area contributed by atoms with E-state index in [4.69, 9.17) is 10.5 Å². The molecule has 7 heteroatoms. The molecular weight excluding hydrogens is 278 g/mol. The van der Waals surface area contributed by atoms with Gasteiger partial charge in [0.05, 0.1) is 18.7 Å². The molecule has 0 fully saturated rings. The molecule has 1 aromatic rings. The van der Waals surface area contributed by atoms with Gasteiger partial charge in [-0.1, -0.05) is 11.8 Å². The van der Waals surface area contributed by atoms with Crippen molar-refractivity contribution in [1.82, 2.24) is 0 Å². The average molecular weight is 291 g/mol. The molecule has 0 aromatic heterocycles. The minimum atomic E-state index is -4.38. The summed E-state index contributed by atoms with van der Waals surface area (Å²) in [5.41, 5.74) is 5.63. The normalized spacial score (nSPS) is 10.8. The Balaban J connectivity index is 2.52. The maximum atomic E-state index is 13.1. The maximum absolute atomic E-state index is 13.1. The molecule has 0 radical (unpaired) electrons. The summed E-state index contributed by atoms with van der Waals surface area (Å²) in [6, 6.07) is 3.71. The molecule has 1 rings (SSSR count). The molecule has 110 valence electrons. The van der Waals surface area contributed by atoms with E-state index in [1.165, 1.54) is 12.1 Å². The average Bonchev–Trinajstić information content (AvgIpc) is 2.36. The van der Waals surface area contributed by atoms with Crippen molar-refractivity contribution in [2.45, 2.75) is 6.18 Å². The molecule has 2 N–H and O–H groups in total. The number of rotatable bonds is 5. The first-order valence-electron chi connectivity index (χ1n) is 5.68. The Morgan fingerprint density at radius 3 is 2.60 bits per heavy atom. The highest BCUT2D eigenvalue weighted by atomic mass is 19.4. The van der Waals surface area contributed by atoms with Crippen LogP contribution in [-0.4, -0.2) is 32.5 Å². The number of nitrogens with two attached hydrogens (primary N) is 1. The van der Waals surface area contributed by atoms with Crippen molar-refractivity contribution in [2.75, 3.05) is 26.4 Å². The third-order valence-electron chi connectivity index (χ3n) is 2.02. The van der Waals surface area contributed by atoms with Crippen LogP contribution in [0.3, 0.4) is 0 Å². The van der Waals surface area contributed by atoms with Crippen LogP contribution >= 0.6 is 0 Å². The van der Waals surface area contributed by atoms with Gasteiger partial charge in [0.2, 0.25) is 0 Å². The van der Waals surface area contributed by atoms with E-state index < -0.39 is 18.6 Å². The van der Waals surface area contributed by atoms with E-state index in [0.29, 0.717) is 5.56 Å².